The maximum Gasteiger partial charge on any atom is 0.250 e. The van der Waals surface area contributed by atoms with E-state index < -0.39 is 33.6 Å². The number of fused-ring (bicyclic) bond motifs is 1. The number of hydrogen-bond acceptors (Lipinski definition) is 5. The summed E-state index contributed by atoms with van der Waals surface area (Å²) in [6.45, 7) is 9.18. The molecule has 0 radical (unpaired) electrons. The Morgan fingerprint density at radius 3 is 2.25 bits per heavy atom. The fourth-order valence-corrected chi connectivity index (χ4v) is 7.18. The van der Waals surface area contributed by atoms with Crippen LogP contribution in [-0.2, 0) is 43.7 Å². The van der Waals surface area contributed by atoms with Crippen LogP contribution in [0.3, 0.4) is 0 Å². The second-order valence-corrected chi connectivity index (χ2v) is 14.0. The molecule has 1 saturated heterocycles. The molecule has 1 aliphatic carbocycles. The third kappa shape index (κ3) is 5.51. The fourth-order valence-electron chi connectivity index (χ4n) is 5.64. The molecule has 4 rings (SSSR count). The molecule has 0 aromatic heterocycles. The molecule has 1 aliphatic heterocycles. The third-order valence-electron chi connectivity index (χ3n) is 8.37. The highest BCUT2D eigenvalue weighted by Crippen LogP contribution is 2.37. The molecule has 9 nitrogen and oxygen atoms in total. The van der Waals surface area contributed by atoms with Crippen LogP contribution in [0, 0.1) is 11.8 Å². The van der Waals surface area contributed by atoms with Crippen LogP contribution in [-0.4, -0.2) is 55.1 Å². The van der Waals surface area contributed by atoms with Gasteiger partial charge in [-0.05, 0) is 74.3 Å². The van der Waals surface area contributed by atoms with E-state index in [1.165, 1.54) is 34.5 Å². The highest BCUT2D eigenvalue weighted by atomic mass is 32.2. The van der Waals surface area contributed by atoms with Crippen molar-refractivity contribution in [1.82, 2.24) is 9.62 Å². The first-order chi connectivity index (χ1) is 18.7. The Balaban J connectivity index is 1.85. The highest BCUT2D eigenvalue weighted by Gasteiger charge is 2.48. The zero-order valence-corrected chi connectivity index (χ0v) is 24.9. The highest BCUT2D eigenvalue weighted by molar-refractivity contribution is 7.89. The Labute approximate surface area is 237 Å². The number of sulfonamides is 1. The number of primary amides is 1. The van der Waals surface area contributed by atoms with E-state index in [4.69, 9.17) is 5.73 Å². The lowest BCUT2D eigenvalue weighted by Crippen LogP contribution is -2.67. The first kappa shape index (κ1) is 29.7. The molecule has 40 heavy (non-hydrogen) atoms. The quantitative estimate of drug-likeness (QED) is 0.506. The van der Waals surface area contributed by atoms with Crippen molar-refractivity contribution in [3.05, 3.63) is 59.2 Å². The SMILES string of the molecule is CC[C@@H](C)[C@@H]1C(=O)N[C@H](C2Cc3ccccc3C2)C(=O)N1c1cc(S(=O)(=O)N(C)C(C)(C)C)ccc1CC(N)=O. The van der Waals surface area contributed by atoms with Gasteiger partial charge in [-0.25, -0.2) is 8.42 Å². The predicted octanol–water partition coefficient (Wildman–Crippen LogP) is 2.79. The average Bonchev–Trinajstić information content (AvgIpc) is 3.32. The van der Waals surface area contributed by atoms with Crippen LogP contribution in [0.4, 0.5) is 5.69 Å². The zero-order valence-electron chi connectivity index (χ0n) is 24.1. The average molecular weight is 569 g/mol. The molecule has 1 heterocycles. The van der Waals surface area contributed by atoms with E-state index >= 15 is 0 Å². The van der Waals surface area contributed by atoms with E-state index in [1.807, 2.05) is 38.1 Å². The molecular weight excluding hydrogens is 528 g/mol. The first-order valence-electron chi connectivity index (χ1n) is 13.8. The summed E-state index contributed by atoms with van der Waals surface area (Å²) in [5, 5.41) is 3.00. The summed E-state index contributed by atoms with van der Waals surface area (Å²) in [7, 11) is -2.46. The number of carbonyl (C=O) groups excluding carboxylic acids is 3. The van der Waals surface area contributed by atoms with Crippen molar-refractivity contribution in [3.63, 3.8) is 0 Å². The van der Waals surface area contributed by atoms with E-state index in [2.05, 4.69) is 5.32 Å². The van der Waals surface area contributed by atoms with E-state index in [-0.39, 0.29) is 40.7 Å². The predicted molar refractivity (Wildman–Crippen MR) is 154 cm³/mol. The van der Waals surface area contributed by atoms with Gasteiger partial charge in [-0.2, -0.15) is 4.31 Å². The summed E-state index contributed by atoms with van der Waals surface area (Å²) in [4.78, 5) is 41.5. The van der Waals surface area contributed by atoms with Crippen molar-refractivity contribution in [2.24, 2.45) is 17.6 Å². The Morgan fingerprint density at radius 2 is 1.73 bits per heavy atom. The second kappa shape index (κ2) is 11.0. The van der Waals surface area contributed by atoms with Crippen LogP contribution >= 0.6 is 0 Å². The fraction of sp³-hybridized carbons (Fsp3) is 0.500. The Bertz CT molecular complexity index is 1410. The smallest absolute Gasteiger partial charge is 0.250 e. The number of rotatable bonds is 8. The van der Waals surface area contributed by atoms with E-state index in [0.29, 0.717) is 24.8 Å². The number of carbonyl (C=O) groups is 3. The van der Waals surface area contributed by atoms with Crippen LogP contribution in [0.5, 0.6) is 0 Å². The van der Waals surface area contributed by atoms with Gasteiger partial charge in [-0.3, -0.25) is 19.3 Å². The van der Waals surface area contributed by atoms with Gasteiger partial charge in [0.05, 0.1) is 11.3 Å². The van der Waals surface area contributed by atoms with Gasteiger partial charge in [0.15, 0.2) is 0 Å². The number of nitrogens with zero attached hydrogens (tertiary/aromatic N) is 2. The molecule has 0 spiro atoms. The van der Waals surface area contributed by atoms with E-state index in [0.717, 1.165) is 11.1 Å². The summed E-state index contributed by atoms with van der Waals surface area (Å²) in [6.07, 6.45) is 1.70. The minimum Gasteiger partial charge on any atom is -0.369 e. The van der Waals surface area contributed by atoms with Gasteiger partial charge in [0.25, 0.3) is 5.91 Å². The minimum atomic E-state index is -3.96. The molecule has 2 aliphatic rings. The Hall–Kier alpha value is -3.24. The second-order valence-electron chi connectivity index (χ2n) is 12.0. The molecule has 1 fully saturated rings. The van der Waals surface area contributed by atoms with Gasteiger partial charge < -0.3 is 11.1 Å². The Morgan fingerprint density at radius 1 is 1.12 bits per heavy atom. The van der Waals surface area contributed by atoms with Crippen LogP contribution < -0.4 is 16.0 Å². The van der Waals surface area contributed by atoms with Gasteiger partial charge in [0, 0.05) is 18.3 Å². The van der Waals surface area contributed by atoms with Crippen molar-refractivity contribution in [3.8, 4) is 0 Å². The molecule has 0 bridgehead atoms. The van der Waals surface area contributed by atoms with Gasteiger partial charge in [0.2, 0.25) is 21.8 Å². The summed E-state index contributed by atoms with van der Waals surface area (Å²) in [5.41, 5.74) is 7.79. The molecule has 3 amide bonds. The van der Waals surface area contributed by atoms with Gasteiger partial charge in [-0.15, -0.1) is 0 Å². The van der Waals surface area contributed by atoms with Gasteiger partial charge in [0.1, 0.15) is 12.1 Å². The summed E-state index contributed by atoms with van der Waals surface area (Å²) < 4.78 is 28.5. The Kier molecular flexibility index (Phi) is 8.15. The molecule has 3 N–H and O–H groups in total. The molecule has 2 aromatic carbocycles. The van der Waals surface area contributed by atoms with Crippen molar-refractivity contribution < 1.29 is 22.8 Å². The zero-order chi connectivity index (χ0) is 29.6. The number of nitrogens with two attached hydrogens (primary N) is 1. The lowest BCUT2D eigenvalue weighted by atomic mass is 9.87. The minimum absolute atomic E-state index is 0.0281. The maximum atomic E-state index is 14.4. The van der Waals surface area contributed by atoms with Gasteiger partial charge in [-0.1, -0.05) is 50.6 Å². The number of amides is 3. The monoisotopic (exact) mass is 568 g/mol. The van der Waals surface area contributed by atoms with Crippen molar-refractivity contribution >= 4 is 33.4 Å². The van der Waals surface area contributed by atoms with E-state index in [1.54, 1.807) is 20.8 Å². The molecule has 2 aromatic rings. The number of benzene rings is 2. The molecule has 10 heteroatoms. The number of anilines is 1. The lowest BCUT2D eigenvalue weighted by Gasteiger charge is -2.43. The summed E-state index contributed by atoms with van der Waals surface area (Å²) in [5.74, 6) is -1.61. The lowest BCUT2D eigenvalue weighted by molar-refractivity contribution is -0.136. The normalized spacial score (nSPS) is 20.9. The summed E-state index contributed by atoms with van der Waals surface area (Å²) >= 11 is 0. The number of hydrogen-bond donors (Lipinski definition) is 2. The topological polar surface area (TPSA) is 130 Å². The molecule has 3 atom stereocenters. The van der Waals surface area contributed by atoms with Crippen molar-refractivity contribution in [1.29, 1.82) is 0 Å². The van der Waals surface area contributed by atoms with E-state index in [9.17, 15) is 22.8 Å². The third-order valence-corrected chi connectivity index (χ3v) is 10.5. The molecule has 0 saturated carbocycles. The van der Waals surface area contributed by atoms with Crippen LogP contribution in [0.2, 0.25) is 0 Å². The first-order valence-corrected chi connectivity index (χ1v) is 15.2. The van der Waals surface area contributed by atoms with Crippen LogP contribution in [0.15, 0.2) is 47.4 Å². The largest absolute Gasteiger partial charge is 0.369 e. The number of nitrogens with one attached hydrogen (secondary N) is 1. The number of piperazine rings is 1. The standard InChI is InChI=1S/C30H40N4O5S/c1-7-18(2)27-28(36)32-26(22-14-19-10-8-9-11-20(19)15-22)29(37)34(27)24-17-23(13-12-21(24)16-25(31)35)40(38,39)33(6)30(3,4)5/h8-13,17-18,22,26-27H,7,14-16H2,1-6H3,(H2,31,35)(H,32,36)/t18-,26-,27-/m1/s1. The molecule has 0 unspecified atom stereocenters. The van der Waals surface area contributed by atoms with Crippen LogP contribution in [0.1, 0.15) is 57.7 Å². The van der Waals surface area contributed by atoms with Gasteiger partial charge >= 0.3 is 0 Å². The molecule has 216 valence electrons. The van der Waals surface area contributed by atoms with Crippen molar-refractivity contribution in [2.45, 2.75) is 82.8 Å². The molecular formula is C30H40N4O5S. The van der Waals surface area contributed by atoms with Crippen molar-refractivity contribution in [2.75, 3.05) is 11.9 Å². The maximum absolute atomic E-state index is 14.4. The summed E-state index contributed by atoms with van der Waals surface area (Å²) in [6, 6.07) is 10.7. The van der Waals surface area contributed by atoms with Crippen LogP contribution in [0.25, 0.3) is 0 Å².